The number of hydrogen-bond acceptors (Lipinski definition) is 7. The minimum atomic E-state index is -4.05. The molecule has 2 aromatic carbocycles. The Morgan fingerprint density at radius 1 is 1.10 bits per heavy atom. The summed E-state index contributed by atoms with van der Waals surface area (Å²) in [6.45, 7) is 3.99. The van der Waals surface area contributed by atoms with E-state index in [4.69, 9.17) is 23.1 Å². The summed E-state index contributed by atoms with van der Waals surface area (Å²) in [6.07, 6.45) is -2.27. The van der Waals surface area contributed by atoms with E-state index >= 15 is 0 Å². The van der Waals surface area contributed by atoms with Gasteiger partial charge in [0.1, 0.15) is 11.7 Å². The Morgan fingerprint density at radius 3 is 2.47 bits per heavy atom. The summed E-state index contributed by atoms with van der Waals surface area (Å²) in [5, 5.41) is 0. The van der Waals surface area contributed by atoms with Crippen LogP contribution in [0.4, 0.5) is 0 Å². The van der Waals surface area contributed by atoms with Gasteiger partial charge < -0.3 is 18.9 Å². The SMILES string of the molecule is CO[C@@H]1C[C@H](OCc2ccccc2)[C@]2(C)OC1O[C@H]2OS(=O)(=O)c1ccc(C)cc1. The molecule has 30 heavy (non-hydrogen) atoms. The molecule has 8 heteroatoms. The van der Waals surface area contributed by atoms with E-state index in [1.165, 1.54) is 12.1 Å². The van der Waals surface area contributed by atoms with Gasteiger partial charge in [0.25, 0.3) is 10.1 Å². The molecule has 1 unspecified atom stereocenters. The maximum absolute atomic E-state index is 12.8. The number of benzene rings is 2. The summed E-state index contributed by atoms with van der Waals surface area (Å²) in [5.41, 5.74) is 0.849. The summed E-state index contributed by atoms with van der Waals surface area (Å²) in [5.74, 6) is 0. The highest BCUT2D eigenvalue weighted by Gasteiger charge is 2.61. The second kappa shape index (κ2) is 8.37. The van der Waals surface area contributed by atoms with Crippen molar-refractivity contribution in [2.45, 2.75) is 62.2 Å². The molecule has 0 radical (unpaired) electrons. The predicted molar refractivity (Wildman–Crippen MR) is 108 cm³/mol. The minimum Gasteiger partial charge on any atom is -0.376 e. The van der Waals surface area contributed by atoms with Gasteiger partial charge in [-0.05, 0) is 31.5 Å². The van der Waals surface area contributed by atoms with Crippen LogP contribution >= 0.6 is 0 Å². The molecule has 2 bridgehead atoms. The summed E-state index contributed by atoms with van der Waals surface area (Å²) in [4.78, 5) is 0.0618. The highest BCUT2D eigenvalue weighted by Crippen LogP contribution is 2.44. The molecular formula is C22H26O7S. The van der Waals surface area contributed by atoms with Crippen LogP contribution in [0, 0.1) is 6.92 Å². The predicted octanol–water partition coefficient (Wildman–Crippen LogP) is 3.16. The summed E-state index contributed by atoms with van der Waals surface area (Å²) < 4.78 is 54.7. The van der Waals surface area contributed by atoms with Gasteiger partial charge in [-0.3, -0.25) is 0 Å². The lowest BCUT2D eigenvalue weighted by atomic mass is 9.91. The minimum absolute atomic E-state index is 0.0618. The number of rotatable bonds is 7. The van der Waals surface area contributed by atoms with E-state index in [0.717, 1.165) is 11.1 Å². The van der Waals surface area contributed by atoms with Crippen molar-refractivity contribution < 1.29 is 31.5 Å². The lowest BCUT2D eigenvalue weighted by Crippen LogP contribution is -2.55. The van der Waals surface area contributed by atoms with Crippen LogP contribution in [0.2, 0.25) is 0 Å². The fourth-order valence-electron chi connectivity index (χ4n) is 3.74. The van der Waals surface area contributed by atoms with Gasteiger partial charge >= 0.3 is 0 Å². The largest absolute Gasteiger partial charge is 0.376 e. The van der Waals surface area contributed by atoms with Gasteiger partial charge in [0.15, 0.2) is 6.29 Å². The van der Waals surface area contributed by atoms with E-state index in [9.17, 15) is 8.42 Å². The third kappa shape index (κ3) is 4.16. The second-order valence-corrected chi connectivity index (χ2v) is 9.37. The molecule has 2 saturated heterocycles. The average molecular weight is 435 g/mol. The third-order valence-corrected chi connectivity index (χ3v) is 6.88. The van der Waals surface area contributed by atoms with Crippen molar-refractivity contribution in [2.75, 3.05) is 7.11 Å². The van der Waals surface area contributed by atoms with Crippen molar-refractivity contribution in [1.29, 1.82) is 0 Å². The van der Waals surface area contributed by atoms with E-state index in [1.54, 1.807) is 26.2 Å². The molecule has 0 saturated carbocycles. The quantitative estimate of drug-likeness (QED) is 0.619. The van der Waals surface area contributed by atoms with Gasteiger partial charge in [0.2, 0.25) is 6.29 Å². The second-order valence-electron chi connectivity index (χ2n) is 7.80. The molecule has 0 aliphatic carbocycles. The van der Waals surface area contributed by atoms with Crippen LogP contribution in [0.5, 0.6) is 0 Å². The summed E-state index contributed by atoms with van der Waals surface area (Å²) in [6, 6.07) is 16.2. The van der Waals surface area contributed by atoms with Crippen LogP contribution < -0.4 is 0 Å². The Kier molecular flexibility index (Phi) is 5.98. The Morgan fingerprint density at radius 2 is 1.80 bits per heavy atom. The Bertz CT molecular complexity index is 961. The molecule has 2 aliphatic heterocycles. The van der Waals surface area contributed by atoms with Gasteiger partial charge in [-0.25, -0.2) is 4.18 Å². The molecule has 5 atom stereocenters. The van der Waals surface area contributed by atoms with E-state index in [0.29, 0.717) is 13.0 Å². The first-order valence-corrected chi connectivity index (χ1v) is 11.2. The Hall–Kier alpha value is -1.81. The van der Waals surface area contributed by atoms with Crippen LogP contribution in [-0.2, 0) is 39.9 Å². The van der Waals surface area contributed by atoms with Crippen LogP contribution in [0.1, 0.15) is 24.5 Å². The van der Waals surface area contributed by atoms with Crippen molar-refractivity contribution in [2.24, 2.45) is 0 Å². The fourth-order valence-corrected chi connectivity index (χ4v) is 4.79. The van der Waals surface area contributed by atoms with Gasteiger partial charge in [-0.1, -0.05) is 48.0 Å². The van der Waals surface area contributed by atoms with E-state index in [-0.39, 0.29) is 4.90 Å². The summed E-state index contributed by atoms with van der Waals surface area (Å²) in [7, 11) is -2.49. The number of fused-ring (bicyclic) bond motifs is 2. The van der Waals surface area contributed by atoms with Gasteiger partial charge in [-0.2, -0.15) is 8.42 Å². The zero-order valence-electron chi connectivity index (χ0n) is 17.2. The van der Waals surface area contributed by atoms with Crippen LogP contribution in [-0.4, -0.2) is 45.9 Å². The van der Waals surface area contributed by atoms with Crippen LogP contribution in [0.25, 0.3) is 0 Å². The summed E-state index contributed by atoms with van der Waals surface area (Å²) >= 11 is 0. The van der Waals surface area contributed by atoms with E-state index in [1.807, 2.05) is 37.3 Å². The molecule has 2 fully saturated rings. The molecule has 0 N–H and O–H groups in total. The van der Waals surface area contributed by atoms with Crippen molar-refractivity contribution in [3.05, 3.63) is 65.7 Å². The van der Waals surface area contributed by atoms with Crippen LogP contribution in [0.15, 0.2) is 59.5 Å². The van der Waals surface area contributed by atoms with Gasteiger partial charge in [0.05, 0.1) is 17.6 Å². The Balaban J connectivity index is 1.55. The number of ether oxygens (including phenoxy) is 4. The first kappa shape index (κ1) is 21.4. The first-order valence-electron chi connectivity index (χ1n) is 9.83. The number of aryl methyl sites for hydroxylation is 1. The molecule has 0 aromatic heterocycles. The lowest BCUT2D eigenvalue weighted by Gasteiger charge is -2.40. The lowest BCUT2D eigenvalue weighted by molar-refractivity contribution is -0.230. The fraction of sp³-hybridized carbons (Fsp3) is 0.455. The van der Waals surface area contributed by atoms with Crippen molar-refractivity contribution in [3.63, 3.8) is 0 Å². The number of hydrogen-bond donors (Lipinski definition) is 0. The molecule has 0 amide bonds. The normalized spacial score (nSPS) is 31.0. The topological polar surface area (TPSA) is 80.3 Å². The molecule has 4 rings (SSSR count). The molecule has 2 aromatic rings. The molecule has 7 nitrogen and oxygen atoms in total. The maximum atomic E-state index is 12.8. The van der Waals surface area contributed by atoms with E-state index < -0.39 is 40.5 Å². The molecule has 2 aliphatic rings. The molecule has 162 valence electrons. The maximum Gasteiger partial charge on any atom is 0.299 e. The molecule has 0 spiro atoms. The van der Waals surface area contributed by atoms with Crippen molar-refractivity contribution >= 4 is 10.1 Å². The standard InChI is InChI=1S/C22H26O7S/c1-15-9-11-17(12-10-15)30(23,24)29-21-22(2)19(13-18(25-3)20(27-21)28-22)26-14-16-7-5-4-6-8-16/h4-12,18-21H,13-14H2,1-3H3/t18-,19+,20?,21+,22+/m1/s1. The molecule has 2 heterocycles. The van der Waals surface area contributed by atoms with Gasteiger partial charge in [-0.15, -0.1) is 0 Å². The Labute approximate surface area is 177 Å². The monoisotopic (exact) mass is 434 g/mol. The highest BCUT2D eigenvalue weighted by molar-refractivity contribution is 7.86. The van der Waals surface area contributed by atoms with E-state index in [2.05, 4.69) is 0 Å². The zero-order chi connectivity index (χ0) is 21.4. The van der Waals surface area contributed by atoms with Crippen molar-refractivity contribution in [1.82, 2.24) is 0 Å². The zero-order valence-corrected chi connectivity index (χ0v) is 18.0. The first-order chi connectivity index (χ1) is 14.3. The smallest absolute Gasteiger partial charge is 0.299 e. The molecular weight excluding hydrogens is 408 g/mol. The third-order valence-electron chi connectivity index (χ3n) is 5.61. The average Bonchev–Trinajstić information content (AvgIpc) is 3.00. The number of methoxy groups -OCH3 is 1. The van der Waals surface area contributed by atoms with Gasteiger partial charge in [0, 0.05) is 13.5 Å². The highest BCUT2D eigenvalue weighted by atomic mass is 32.2. The van der Waals surface area contributed by atoms with Crippen molar-refractivity contribution in [3.8, 4) is 0 Å². The van der Waals surface area contributed by atoms with Crippen LogP contribution in [0.3, 0.4) is 0 Å².